The Bertz CT molecular complexity index is 782. The first-order valence-electron chi connectivity index (χ1n) is 8.16. The van der Waals surface area contributed by atoms with Crippen molar-refractivity contribution in [2.75, 3.05) is 12.3 Å². The Morgan fingerprint density at radius 1 is 1.40 bits per heavy atom. The molecule has 2 heterocycles. The fraction of sp³-hybridized carbons (Fsp3) is 0.556. The molecule has 0 aromatic heterocycles. The van der Waals surface area contributed by atoms with Gasteiger partial charge in [-0.15, -0.1) is 0 Å². The van der Waals surface area contributed by atoms with Gasteiger partial charge in [0, 0.05) is 17.2 Å². The second kappa shape index (κ2) is 5.40. The molecule has 0 radical (unpaired) electrons. The largest absolute Gasteiger partial charge is 0.399 e. The van der Waals surface area contributed by atoms with Crippen LogP contribution in [0.3, 0.4) is 0 Å². The van der Waals surface area contributed by atoms with E-state index in [2.05, 4.69) is 11.1 Å². The first-order valence-corrected chi connectivity index (χ1v) is 8.16. The van der Waals surface area contributed by atoms with Gasteiger partial charge in [-0.1, -0.05) is 0 Å². The number of anilines is 1. The van der Waals surface area contributed by atoms with Crippen molar-refractivity contribution >= 4 is 11.5 Å². The molecule has 25 heavy (non-hydrogen) atoms. The molecule has 3 rings (SSSR count). The van der Waals surface area contributed by atoms with Crippen LogP contribution in [0.1, 0.15) is 32.8 Å². The number of halogens is 2. The molecule has 0 saturated carbocycles. The highest BCUT2D eigenvalue weighted by Crippen LogP contribution is 2.54. The topological polar surface area (TPSA) is 97.4 Å². The maximum absolute atomic E-state index is 14.8. The molecular formula is C18H22F2N4O. The van der Waals surface area contributed by atoms with Crippen molar-refractivity contribution in [2.24, 2.45) is 22.1 Å². The summed E-state index contributed by atoms with van der Waals surface area (Å²) < 4.78 is 35.2. The zero-order valence-electron chi connectivity index (χ0n) is 14.5. The zero-order valence-corrected chi connectivity index (χ0v) is 14.5. The van der Waals surface area contributed by atoms with E-state index in [9.17, 15) is 14.0 Å². The molecule has 4 N–H and O–H groups in total. The molecule has 0 bridgehead atoms. The second-order valence-corrected chi connectivity index (χ2v) is 7.71. The summed E-state index contributed by atoms with van der Waals surface area (Å²) in [5, 5.41) is 9.54. The second-order valence-electron chi connectivity index (χ2n) is 7.71. The van der Waals surface area contributed by atoms with E-state index in [1.54, 1.807) is 6.92 Å². The van der Waals surface area contributed by atoms with Crippen LogP contribution in [0.4, 0.5) is 14.5 Å². The van der Waals surface area contributed by atoms with Gasteiger partial charge in [-0.25, -0.2) is 8.78 Å². The third kappa shape index (κ3) is 2.56. The van der Waals surface area contributed by atoms with Crippen LogP contribution in [0.5, 0.6) is 0 Å². The van der Waals surface area contributed by atoms with Gasteiger partial charge >= 0.3 is 0 Å². The molecule has 0 spiro atoms. The van der Waals surface area contributed by atoms with Gasteiger partial charge in [-0.05, 0) is 45.4 Å². The highest BCUT2D eigenvalue weighted by molar-refractivity contribution is 5.90. The van der Waals surface area contributed by atoms with Gasteiger partial charge in [-0.3, -0.25) is 4.99 Å². The number of nitrogens with two attached hydrogens (primary N) is 2. The molecule has 1 unspecified atom stereocenters. The number of hydrogen-bond acceptors (Lipinski definition) is 5. The molecule has 0 aliphatic carbocycles. The highest BCUT2D eigenvalue weighted by atomic mass is 19.1. The monoisotopic (exact) mass is 348 g/mol. The van der Waals surface area contributed by atoms with Gasteiger partial charge in [0.25, 0.3) is 0 Å². The van der Waals surface area contributed by atoms with E-state index < -0.39 is 34.5 Å². The minimum atomic E-state index is -1.68. The van der Waals surface area contributed by atoms with Gasteiger partial charge in [0.05, 0.1) is 18.8 Å². The van der Waals surface area contributed by atoms with Gasteiger partial charge in [0.1, 0.15) is 28.3 Å². The Morgan fingerprint density at radius 2 is 2.08 bits per heavy atom. The first-order chi connectivity index (χ1) is 11.5. The number of ether oxygens (including phenoxy) is 1. The highest BCUT2D eigenvalue weighted by Gasteiger charge is 2.61. The number of hydrogen-bond donors (Lipinski definition) is 2. The summed E-state index contributed by atoms with van der Waals surface area (Å²) in [7, 11) is 0. The van der Waals surface area contributed by atoms with E-state index in [4.69, 9.17) is 16.2 Å². The number of aliphatic imine (C=N–C) groups is 1. The van der Waals surface area contributed by atoms with Crippen molar-refractivity contribution in [3.05, 3.63) is 29.6 Å². The number of amidine groups is 1. The van der Waals surface area contributed by atoms with Crippen LogP contribution < -0.4 is 11.5 Å². The number of nitriles is 1. The Balaban J connectivity index is 2.24. The molecule has 5 nitrogen and oxygen atoms in total. The molecule has 0 amide bonds. The maximum atomic E-state index is 14.8. The molecule has 2 aliphatic rings. The molecule has 1 saturated heterocycles. The van der Waals surface area contributed by atoms with Crippen molar-refractivity contribution in [3.8, 4) is 6.07 Å². The SMILES string of the molecule is CC(C)(F)C1OC[C@]2(c3cc(N)ccc3F)N=C(N)[C@@](C)(C#N)C[C@H]12. The van der Waals surface area contributed by atoms with E-state index in [1.165, 1.54) is 32.0 Å². The van der Waals surface area contributed by atoms with Crippen LogP contribution in [-0.2, 0) is 10.3 Å². The predicted molar refractivity (Wildman–Crippen MR) is 90.9 cm³/mol. The van der Waals surface area contributed by atoms with Crippen LogP contribution in [0.2, 0.25) is 0 Å². The zero-order chi connectivity index (χ0) is 18.6. The van der Waals surface area contributed by atoms with Gasteiger partial charge < -0.3 is 16.2 Å². The van der Waals surface area contributed by atoms with Gasteiger partial charge in [0.15, 0.2) is 0 Å². The van der Waals surface area contributed by atoms with E-state index in [1.807, 2.05) is 0 Å². The minimum Gasteiger partial charge on any atom is -0.399 e. The number of nitrogens with zero attached hydrogens (tertiary/aromatic N) is 2. The molecule has 1 fully saturated rings. The smallest absolute Gasteiger partial charge is 0.131 e. The predicted octanol–water partition coefficient (Wildman–Crippen LogP) is 2.66. The van der Waals surface area contributed by atoms with E-state index in [0.717, 1.165) is 0 Å². The van der Waals surface area contributed by atoms with Crippen molar-refractivity contribution < 1.29 is 13.5 Å². The third-order valence-electron chi connectivity index (χ3n) is 5.36. The molecule has 134 valence electrons. The number of fused-ring (bicyclic) bond motifs is 1. The van der Waals surface area contributed by atoms with Crippen molar-refractivity contribution in [2.45, 2.75) is 44.5 Å². The Labute approximate surface area is 145 Å². The molecule has 1 aromatic carbocycles. The normalized spacial score (nSPS) is 35.0. The van der Waals surface area contributed by atoms with E-state index >= 15 is 0 Å². The van der Waals surface area contributed by atoms with Crippen LogP contribution in [-0.4, -0.2) is 24.2 Å². The molecule has 4 atom stereocenters. The number of rotatable bonds is 2. The van der Waals surface area contributed by atoms with Gasteiger partial charge in [-0.2, -0.15) is 5.26 Å². The van der Waals surface area contributed by atoms with Crippen LogP contribution >= 0.6 is 0 Å². The summed E-state index contributed by atoms with van der Waals surface area (Å²) in [6, 6.07) is 6.36. The first kappa shape index (κ1) is 17.6. The van der Waals surface area contributed by atoms with Gasteiger partial charge in [0.2, 0.25) is 0 Å². The molecule has 1 aromatic rings. The van der Waals surface area contributed by atoms with Crippen molar-refractivity contribution in [1.82, 2.24) is 0 Å². The number of alkyl halides is 1. The molecular weight excluding hydrogens is 326 g/mol. The lowest BCUT2D eigenvalue weighted by molar-refractivity contribution is -0.0285. The minimum absolute atomic E-state index is 0.0156. The Hall–Kier alpha value is -2.20. The quantitative estimate of drug-likeness (QED) is 0.803. The van der Waals surface area contributed by atoms with E-state index in [-0.39, 0.29) is 24.4 Å². The Kier molecular flexibility index (Phi) is 3.80. The van der Waals surface area contributed by atoms with E-state index in [0.29, 0.717) is 5.69 Å². The number of nitrogen functional groups attached to an aromatic ring is 1. The fourth-order valence-corrected chi connectivity index (χ4v) is 3.96. The average Bonchev–Trinajstić information content (AvgIpc) is 2.89. The summed E-state index contributed by atoms with van der Waals surface area (Å²) in [5.41, 5.74) is 8.58. The standard InChI is InChI=1S/C18H22F2N4O/c1-16(2,20)14-12-7-17(3,8-21)15(23)24-18(12,9-25-14)11-6-10(22)4-5-13(11)19/h4-6,12,14H,7,9,22H2,1-3H3,(H2,23,24)/t12-,14?,17-,18-/m1/s1. The maximum Gasteiger partial charge on any atom is 0.131 e. The lowest BCUT2D eigenvalue weighted by Crippen LogP contribution is -2.52. The summed E-state index contributed by atoms with van der Waals surface area (Å²) in [6.45, 7) is 4.47. The van der Waals surface area contributed by atoms with Crippen molar-refractivity contribution in [3.63, 3.8) is 0 Å². The average molecular weight is 348 g/mol. The van der Waals surface area contributed by atoms with Crippen LogP contribution in [0.25, 0.3) is 0 Å². The third-order valence-corrected chi connectivity index (χ3v) is 5.36. The summed E-state index contributed by atoms with van der Waals surface area (Å²) in [4.78, 5) is 4.52. The van der Waals surface area contributed by atoms with Crippen LogP contribution in [0, 0.1) is 28.5 Å². The van der Waals surface area contributed by atoms with Crippen LogP contribution in [0.15, 0.2) is 23.2 Å². The lowest BCUT2D eigenvalue weighted by Gasteiger charge is -2.43. The number of benzene rings is 1. The summed E-state index contributed by atoms with van der Waals surface area (Å²) >= 11 is 0. The van der Waals surface area contributed by atoms with Crippen molar-refractivity contribution in [1.29, 1.82) is 5.26 Å². The summed E-state index contributed by atoms with van der Waals surface area (Å²) in [6.07, 6.45) is -0.608. The lowest BCUT2D eigenvalue weighted by atomic mass is 9.65. The Morgan fingerprint density at radius 3 is 2.68 bits per heavy atom. The fourth-order valence-electron chi connectivity index (χ4n) is 3.96. The molecule has 2 aliphatic heterocycles. The molecule has 7 heteroatoms. The summed E-state index contributed by atoms with van der Waals surface area (Å²) in [5.74, 6) is -0.938.